The standard InChI is InChI=1S/C20H33N5OS.HI/c1-3-27(26)18-8-6-7-17(14-18)24-20(21-2)23-15-16-9-10-22-19(13-16)25-11-4-5-12-25;/h9-10,13,17-18H,3-8,11-12,14-15H2,1-2H3,(H2,21,23,24);1H. The topological polar surface area (TPSA) is 69.6 Å². The number of pyridine rings is 1. The molecule has 3 atom stereocenters. The molecule has 1 aromatic heterocycles. The van der Waals surface area contributed by atoms with Crippen molar-refractivity contribution in [2.75, 3.05) is 30.8 Å². The number of nitrogens with zero attached hydrogens (tertiary/aromatic N) is 3. The van der Waals surface area contributed by atoms with Crippen LogP contribution in [0.5, 0.6) is 0 Å². The van der Waals surface area contributed by atoms with E-state index in [4.69, 9.17) is 0 Å². The fourth-order valence-corrected chi connectivity index (χ4v) is 5.36. The molecule has 1 saturated carbocycles. The lowest BCUT2D eigenvalue weighted by atomic mass is 9.95. The van der Waals surface area contributed by atoms with Crippen LogP contribution in [0.15, 0.2) is 23.3 Å². The van der Waals surface area contributed by atoms with Gasteiger partial charge in [-0.25, -0.2) is 4.98 Å². The molecule has 1 saturated heterocycles. The summed E-state index contributed by atoms with van der Waals surface area (Å²) in [5, 5.41) is 7.28. The molecule has 3 rings (SSSR count). The van der Waals surface area contributed by atoms with E-state index in [2.05, 4.69) is 37.6 Å². The molecule has 2 N–H and O–H groups in total. The summed E-state index contributed by atoms with van der Waals surface area (Å²) >= 11 is 0. The molecule has 2 aliphatic rings. The Kier molecular flexibility index (Phi) is 9.98. The van der Waals surface area contributed by atoms with Gasteiger partial charge in [0.25, 0.3) is 0 Å². The zero-order valence-corrected chi connectivity index (χ0v) is 20.2. The predicted molar refractivity (Wildman–Crippen MR) is 129 cm³/mol. The Morgan fingerprint density at radius 1 is 1.32 bits per heavy atom. The molecule has 0 aromatic carbocycles. The van der Waals surface area contributed by atoms with Crippen molar-refractivity contribution in [3.8, 4) is 0 Å². The Morgan fingerprint density at radius 3 is 2.82 bits per heavy atom. The van der Waals surface area contributed by atoms with Crippen LogP contribution in [0.4, 0.5) is 5.82 Å². The Hall–Kier alpha value is -0.900. The van der Waals surface area contributed by atoms with Crippen molar-refractivity contribution in [1.29, 1.82) is 0 Å². The molecule has 0 amide bonds. The average Bonchev–Trinajstić information content (AvgIpc) is 3.26. The molecule has 1 aromatic rings. The van der Waals surface area contributed by atoms with Crippen LogP contribution in [0, 0.1) is 0 Å². The van der Waals surface area contributed by atoms with Crippen LogP contribution in [0.3, 0.4) is 0 Å². The number of hydrogen-bond acceptors (Lipinski definition) is 4. The predicted octanol–water partition coefficient (Wildman–Crippen LogP) is 3.04. The minimum absolute atomic E-state index is 0. The number of hydrogen-bond donors (Lipinski definition) is 2. The molecule has 2 heterocycles. The summed E-state index contributed by atoms with van der Waals surface area (Å²) in [7, 11) is 1.11. The minimum atomic E-state index is -0.700. The lowest BCUT2D eigenvalue weighted by Crippen LogP contribution is -2.46. The first-order chi connectivity index (χ1) is 13.2. The van der Waals surface area contributed by atoms with Crippen LogP contribution in [0.1, 0.15) is 51.0 Å². The molecule has 0 bridgehead atoms. The van der Waals surface area contributed by atoms with Gasteiger partial charge in [0, 0.05) is 60.7 Å². The van der Waals surface area contributed by atoms with Crippen molar-refractivity contribution in [2.45, 2.75) is 63.3 Å². The van der Waals surface area contributed by atoms with Crippen molar-refractivity contribution in [3.63, 3.8) is 0 Å². The summed E-state index contributed by atoms with van der Waals surface area (Å²) in [6.45, 7) is 4.95. The number of anilines is 1. The highest BCUT2D eigenvalue weighted by molar-refractivity contribution is 14.0. The summed E-state index contributed by atoms with van der Waals surface area (Å²) in [5.41, 5.74) is 1.21. The Labute approximate surface area is 188 Å². The zero-order chi connectivity index (χ0) is 19.1. The lowest BCUT2D eigenvalue weighted by molar-refractivity contribution is 0.413. The van der Waals surface area contributed by atoms with Crippen molar-refractivity contribution in [2.24, 2.45) is 4.99 Å². The van der Waals surface area contributed by atoms with Gasteiger partial charge in [0.15, 0.2) is 5.96 Å². The summed E-state index contributed by atoms with van der Waals surface area (Å²) in [6, 6.07) is 4.58. The SMILES string of the molecule is CCS(=O)C1CCCC(NC(=NC)NCc2ccnc(N3CCCC3)c2)C1.I. The van der Waals surface area contributed by atoms with Gasteiger partial charge in [-0.3, -0.25) is 9.20 Å². The van der Waals surface area contributed by atoms with Crippen molar-refractivity contribution >= 4 is 46.6 Å². The molecule has 28 heavy (non-hydrogen) atoms. The molecule has 6 nitrogen and oxygen atoms in total. The molecule has 0 radical (unpaired) electrons. The van der Waals surface area contributed by atoms with E-state index in [0.29, 0.717) is 11.3 Å². The van der Waals surface area contributed by atoms with E-state index in [1.165, 1.54) is 18.4 Å². The highest BCUT2D eigenvalue weighted by atomic mass is 127. The van der Waals surface area contributed by atoms with Crippen molar-refractivity contribution in [3.05, 3.63) is 23.9 Å². The molecule has 1 aliphatic carbocycles. The largest absolute Gasteiger partial charge is 0.357 e. The minimum Gasteiger partial charge on any atom is -0.357 e. The van der Waals surface area contributed by atoms with E-state index < -0.39 is 10.8 Å². The van der Waals surface area contributed by atoms with E-state index in [1.54, 1.807) is 0 Å². The van der Waals surface area contributed by atoms with Crippen molar-refractivity contribution in [1.82, 2.24) is 15.6 Å². The number of guanidine groups is 1. The van der Waals surface area contributed by atoms with Gasteiger partial charge >= 0.3 is 0 Å². The molecule has 2 fully saturated rings. The lowest BCUT2D eigenvalue weighted by Gasteiger charge is -2.30. The first-order valence-corrected chi connectivity index (χ1v) is 11.6. The summed E-state index contributed by atoms with van der Waals surface area (Å²) in [6.07, 6.45) is 8.71. The summed E-state index contributed by atoms with van der Waals surface area (Å²) < 4.78 is 12.1. The number of aromatic nitrogens is 1. The fraction of sp³-hybridized carbons (Fsp3) is 0.700. The van der Waals surface area contributed by atoms with Crippen LogP contribution in [0.25, 0.3) is 0 Å². The van der Waals surface area contributed by atoms with Crippen LogP contribution >= 0.6 is 24.0 Å². The van der Waals surface area contributed by atoms with Gasteiger partial charge in [0.05, 0.1) is 0 Å². The Bertz CT molecular complexity index is 666. The monoisotopic (exact) mass is 519 g/mol. The number of nitrogens with one attached hydrogen (secondary N) is 2. The van der Waals surface area contributed by atoms with E-state index in [9.17, 15) is 4.21 Å². The highest BCUT2D eigenvalue weighted by Gasteiger charge is 2.26. The first-order valence-electron chi connectivity index (χ1n) is 10.2. The van der Waals surface area contributed by atoms with E-state index in [-0.39, 0.29) is 24.0 Å². The molecule has 3 unspecified atom stereocenters. The van der Waals surface area contributed by atoms with Gasteiger partial charge in [0.2, 0.25) is 0 Å². The van der Waals surface area contributed by atoms with Gasteiger partial charge in [-0.1, -0.05) is 13.3 Å². The normalized spacial score (nSPS) is 23.8. The van der Waals surface area contributed by atoms with Crippen LogP contribution < -0.4 is 15.5 Å². The van der Waals surface area contributed by atoms with Gasteiger partial charge in [-0.15, -0.1) is 24.0 Å². The molecule has 0 spiro atoms. The molecule has 158 valence electrons. The molecule has 1 aliphatic heterocycles. The van der Waals surface area contributed by atoms with Crippen LogP contribution in [-0.2, 0) is 17.3 Å². The highest BCUT2D eigenvalue weighted by Crippen LogP contribution is 2.23. The van der Waals surface area contributed by atoms with E-state index in [1.807, 2.05) is 20.2 Å². The third kappa shape index (κ3) is 6.57. The van der Waals surface area contributed by atoms with Gasteiger partial charge in [-0.05, 0) is 49.8 Å². The molecular formula is C20H34IN5OS. The maximum Gasteiger partial charge on any atom is 0.191 e. The van der Waals surface area contributed by atoms with Gasteiger partial charge in [-0.2, -0.15) is 0 Å². The summed E-state index contributed by atoms with van der Waals surface area (Å²) in [5.74, 6) is 2.65. The Balaban J connectivity index is 0.00000280. The quantitative estimate of drug-likeness (QED) is 0.344. The van der Waals surface area contributed by atoms with Crippen LogP contribution in [-0.4, -0.2) is 52.3 Å². The van der Waals surface area contributed by atoms with E-state index >= 15 is 0 Å². The van der Waals surface area contributed by atoms with Crippen LogP contribution in [0.2, 0.25) is 0 Å². The second kappa shape index (κ2) is 11.9. The Morgan fingerprint density at radius 2 is 2.11 bits per heavy atom. The molecular weight excluding hydrogens is 485 g/mol. The smallest absolute Gasteiger partial charge is 0.191 e. The zero-order valence-electron chi connectivity index (χ0n) is 17.0. The van der Waals surface area contributed by atoms with Gasteiger partial charge in [0.1, 0.15) is 5.82 Å². The fourth-order valence-electron chi connectivity index (χ4n) is 4.01. The third-order valence-corrected chi connectivity index (χ3v) is 7.29. The average molecular weight is 519 g/mol. The summed E-state index contributed by atoms with van der Waals surface area (Å²) in [4.78, 5) is 11.3. The van der Waals surface area contributed by atoms with Crippen molar-refractivity contribution < 1.29 is 4.21 Å². The first kappa shape index (κ1) is 23.4. The maximum absolute atomic E-state index is 12.1. The number of aliphatic imine (C=N–C) groups is 1. The molecule has 8 heteroatoms. The maximum atomic E-state index is 12.1. The number of rotatable bonds is 6. The van der Waals surface area contributed by atoms with Gasteiger partial charge < -0.3 is 15.5 Å². The second-order valence-corrected chi connectivity index (χ2v) is 9.45. The second-order valence-electron chi connectivity index (χ2n) is 7.44. The van der Waals surface area contributed by atoms with E-state index in [0.717, 1.165) is 62.8 Å². The third-order valence-electron chi connectivity index (χ3n) is 5.55. The number of halogens is 1.